The van der Waals surface area contributed by atoms with Crippen molar-refractivity contribution in [2.45, 2.75) is 38.6 Å². The lowest BCUT2D eigenvalue weighted by atomic mass is 10.1. The number of hydrogen-bond acceptors (Lipinski definition) is 5. The number of rotatable bonds is 11. The van der Waals surface area contributed by atoms with Gasteiger partial charge in [0.15, 0.2) is 0 Å². The largest absolute Gasteiger partial charge is 0.494 e. The fourth-order valence-electron chi connectivity index (χ4n) is 4.64. The summed E-state index contributed by atoms with van der Waals surface area (Å²) in [5.74, 6) is 0.752. The highest BCUT2D eigenvalue weighted by Crippen LogP contribution is 2.22. The molecule has 0 bridgehead atoms. The summed E-state index contributed by atoms with van der Waals surface area (Å²) < 4.78 is 5.78. The summed E-state index contributed by atoms with van der Waals surface area (Å²) in [4.78, 5) is 18.8. The van der Waals surface area contributed by atoms with Crippen LogP contribution in [-0.4, -0.2) is 72.5 Å². The van der Waals surface area contributed by atoms with Gasteiger partial charge in [-0.2, -0.15) is 0 Å². The van der Waals surface area contributed by atoms with Gasteiger partial charge in [-0.25, -0.2) is 0 Å². The van der Waals surface area contributed by atoms with Gasteiger partial charge in [0.25, 0.3) is 0 Å². The predicted molar refractivity (Wildman–Crippen MR) is 143 cm³/mol. The maximum absolute atomic E-state index is 12.9. The molecule has 1 fully saturated rings. The molecule has 2 aliphatic heterocycles. The van der Waals surface area contributed by atoms with Gasteiger partial charge in [0.05, 0.1) is 11.5 Å². The highest BCUT2D eigenvalue weighted by molar-refractivity contribution is 6.31. The van der Waals surface area contributed by atoms with Crippen molar-refractivity contribution in [3.05, 3.63) is 63.5 Å². The molecule has 7 nitrogen and oxygen atoms in total. The molecule has 2 heterocycles. The number of nitrogens with zero attached hydrogens (tertiary/aromatic N) is 5. The van der Waals surface area contributed by atoms with E-state index in [4.69, 9.17) is 27.9 Å². The quantitative estimate of drug-likeness (QED) is 0.290. The van der Waals surface area contributed by atoms with Crippen LogP contribution in [-0.2, 0) is 0 Å². The van der Waals surface area contributed by atoms with Crippen LogP contribution < -0.4 is 9.64 Å². The molecule has 0 aliphatic carbocycles. The zero-order valence-electron chi connectivity index (χ0n) is 20.3. The standard InChI is InChI=1S/C26H34Cl2N5O2/c1-2-25-26(11-5-18-35-24-10-4-8-22(28)20-24)33(34)32(29-25)13-6-12-30-14-16-31(17-15-30)23-9-3-7-21(27)19-23/h3-4,7-10,19-20,26H,2,5-6,11-18H2,1H3/q+1. The first-order chi connectivity index (χ1) is 17.0. The van der Waals surface area contributed by atoms with Gasteiger partial charge in [-0.15, -0.1) is 0 Å². The Hall–Kier alpha value is -2.35. The SMILES string of the molecule is CCC1=NN(CCCN2CCN(c3cccc(Cl)c3)CC2)[N+](=O)C1CCCOc1cccc(Cl)c1. The van der Waals surface area contributed by atoms with Crippen molar-refractivity contribution < 1.29 is 9.61 Å². The van der Waals surface area contributed by atoms with Gasteiger partial charge >= 0.3 is 0 Å². The van der Waals surface area contributed by atoms with E-state index in [-0.39, 0.29) is 6.04 Å². The lowest BCUT2D eigenvalue weighted by Gasteiger charge is -2.36. The van der Waals surface area contributed by atoms with Crippen molar-refractivity contribution in [1.82, 2.24) is 10.0 Å². The molecule has 2 aromatic rings. The fourth-order valence-corrected chi connectivity index (χ4v) is 5.01. The molecule has 2 aliphatic rings. The van der Waals surface area contributed by atoms with Gasteiger partial charge < -0.3 is 9.64 Å². The number of hydrazone groups is 1. The van der Waals surface area contributed by atoms with Crippen molar-refractivity contribution >= 4 is 34.6 Å². The lowest BCUT2D eigenvalue weighted by molar-refractivity contribution is -0.715. The Kier molecular flexibility index (Phi) is 9.24. The van der Waals surface area contributed by atoms with Crippen LogP contribution in [0.15, 0.2) is 53.6 Å². The van der Waals surface area contributed by atoms with Crippen LogP contribution >= 0.6 is 23.2 Å². The van der Waals surface area contributed by atoms with E-state index in [0.717, 1.165) is 79.8 Å². The van der Waals surface area contributed by atoms with E-state index >= 15 is 0 Å². The van der Waals surface area contributed by atoms with Crippen LogP contribution in [0.25, 0.3) is 0 Å². The maximum atomic E-state index is 12.9. The number of ether oxygens (including phenoxy) is 1. The summed E-state index contributed by atoms with van der Waals surface area (Å²) in [5.41, 5.74) is 2.14. The number of nitroso groups, excluding NO2 is 1. The van der Waals surface area contributed by atoms with Crippen molar-refractivity contribution in [3.63, 3.8) is 0 Å². The van der Waals surface area contributed by atoms with Gasteiger partial charge in [0, 0.05) is 66.4 Å². The molecule has 0 spiro atoms. The first kappa shape index (κ1) is 25.7. The molecule has 188 valence electrons. The van der Waals surface area contributed by atoms with Crippen molar-refractivity contribution in [1.29, 1.82) is 0 Å². The Labute approximate surface area is 217 Å². The summed E-state index contributed by atoms with van der Waals surface area (Å²) in [6.45, 7) is 8.18. The van der Waals surface area contributed by atoms with Crippen LogP contribution in [0.1, 0.15) is 32.6 Å². The first-order valence-corrected chi connectivity index (χ1v) is 13.2. The van der Waals surface area contributed by atoms with Gasteiger partial charge in [-0.05, 0) is 59.3 Å². The second-order valence-corrected chi connectivity index (χ2v) is 9.84. The highest BCUT2D eigenvalue weighted by atomic mass is 35.5. The van der Waals surface area contributed by atoms with E-state index < -0.39 is 0 Å². The monoisotopic (exact) mass is 518 g/mol. The topological polar surface area (TPSA) is 51.4 Å². The molecule has 2 aromatic carbocycles. The van der Waals surface area contributed by atoms with Gasteiger partial charge in [-0.3, -0.25) is 4.90 Å². The van der Waals surface area contributed by atoms with Crippen LogP contribution in [0.4, 0.5) is 5.69 Å². The minimum Gasteiger partial charge on any atom is -0.494 e. The van der Waals surface area contributed by atoms with Crippen LogP contribution in [0, 0.1) is 4.91 Å². The van der Waals surface area contributed by atoms with Crippen molar-refractivity contribution in [3.8, 4) is 5.75 Å². The summed E-state index contributed by atoms with van der Waals surface area (Å²) in [6, 6.07) is 15.2. The molecule has 1 atom stereocenters. The Balaban J connectivity index is 1.17. The number of hydrazine groups is 1. The summed E-state index contributed by atoms with van der Waals surface area (Å²) in [5, 5.41) is 7.67. The Morgan fingerprint density at radius 2 is 1.74 bits per heavy atom. The average molecular weight is 519 g/mol. The third kappa shape index (κ3) is 7.09. The van der Waals surface area contributed by atoms with E-state index in [1.807, 2.05) is 36.4 Å². The zero-order valence-corrected chi connectivity index (χ0v) is 21.8. The second kappa shape index (κ2) is 12.6. The molecule has 1 saturated heterocycles. The Morgan fingerprint density at radius 1 is 1.00 bits per heavy atom. The van der Waals surface area contributed by atoms with E-state index in [2.05, 4.69) is 27.9 Å². The fraction of sp³-hybridized carbons (Fsp3) is 0.500. The van der Waals surface area contributed by atoms with E-state index in [1.165, 1.54) is 5.69 Å². The zero-order chi connectivity index (χ0) is 24.6. The molecule has 0 amide bonds. The van der Waals surface area contributed by atoms with E-state index in [0.29, 0.717) is 18.2 Å². The molecule has 0 aromatic heterocycles. The number of halogens is 2. The van der Waals surface area contributed by atoms with Crippen LogP contribution in [0.5, 0.6) is 5.75 Å². The molecule has 0 N–H and O–H groups in total. The molecule has 9 heteroatoms. The first-order valence-electron chi connectivity index (χ1n) is 12.5. The normalized spacial score (nSPS) is 18.8. The maximum Gasteiger partial charge on any atom is 0.229 e. The molecule has 1 unspecified atom stereocenters. The number of benzene rings is 2. The minimum absolute atomic E-state index is 0.204. The number of anilines is 1. The Bertz CT molecular complexity index is 1030. The molecule has 0 saturated carbocycles. The Morgan fingerprint density at radius 3 is 2.46 bits per heavy atom. The summed E-state index contributed by atoms with van der Waals surface area (Å²) in [7, 11) is 0. The smallest absolute Gasteiger partial charge is 0.229 e. The molecule has 4 rings (SSSR count). The van der Waals surface area contributed by atoms with Crippen LogP contribution in [0.3, 0.4) is 0 Å². The van der Waals surface area contributed by atoms with Gasteiger partial charge in [0.2, 0.25) is 11.8 Å². The van der Waals surface area contributed by atoms with E-state index in [1.54, 1.807) is 11.2 Å². The minimum atomic E-state index is -0.204. The predicted octanol–water partition coefficient (Wildman–Crippen LogP) is 5.51. The van der Waals surface area contributed by atoms with Crippen molar-refractivity contribution in [2.75, 3.05) is 50.8 Å². The third-order valence-electron chi connectivity index (χ3n) is 6.55. The molecular weight excluding hydrogens is 485 g/mol. The van der Waals surface area contributed by atoms with Gasteiger partial charge in [-0.1, -0.05) is 42.3 Å². The van der Waals surface area contributed by atoms with Crippen LogP contribution in [0.2, 0.25) is 10.0 Å². The third-order valence-corrected chi connectivity index (χ3v) is 7.02. The summed E-state index contributed by atoms with van der Waals surface area (Å²) in [6.07, 6.45) is 3.18. The average Bonchev–Trinajstić information content (AvgIpc) is 3.17. The van der Waals surface area contributed by atoms with E-state index in [9.17, 15) is 4.91 Å². The molecular formula is C26H34Cl2N5O2+. The molecule has 35 heavy (non-hydrogen) atoms. The van der Waals surface area contributed by atoms with Crippen molar-refractivity contribution in [2.24, 2.45) is 5.10 Å². The number of hydrogen-bond donors (Lipinski definition) is 0. The molecule has 0 radical (unpaired) electrons. The second-order valence-electron chi connectivity index (χ2n) is 8.97. The lowest BCUT2D eigenvalue weighted by Crippen LogP contribution is -2.47. The highest BCUT2D eigenvalue weighted by Gasteiger charge is 2.41. The number of piperazine rings is 1. The van der Waals surface area contributed by atoms with Gasteiger partial charge in [0.1, 0.15) is 12.3 Å². The summed E-state index contributed by atoms with van der Waals surface area (Å²) >= 11 is 12.1.